The van der Waals surface area contributed by atoms with E-state index in [0.717, 1.165) is 70.5 Å². The van der Waals surface area contributed by atoms with E-state index in [1.165, 1.54) is 56.6 Å². The summed E-state index contributed by atoms with van der Waals surface area (Å²) in [4.78, 5) is 21.8. The molecule has 36 heavy (non-hydrogen) atoms. The maximum Gasteiger partial charge on any atom is 0.150 e. The smallest absolute Gasteiger partial charge is 0.150 e. The molecule has 202 valence electrons. The van der Waals surface area contributed by atoms with E-state index in [1.54, 1.807) is 0 Å². The zero-order valence-corrected chi connectivity index (χ0v) is 23.5. The van der Waals surface area contributed by atoms with Crippen molar-refractivity contribution >= 4 is 12.0 Å². The van der Waals surface area contributed by atoms with Crippen LogP contribution in [0.4, 0.5) is 5.69 Å². The highest BCUT2D eigenvalue weighted by atomic mass is 16.1. The molecule has 5 heteroatoms. The van der Waals surface area contributed by atoms with E-state index in [2.05, 4.69) is 65.7 Å². The second kappa shape index (κ2) is 17.5. The first-order valence-electron chi connectivity index (χ1n) is 14.3. The number of hydrogen-bond donors (Lipinski definition) is 0. The van der Waals surface area contributed by atoms with Crippen LogP contribution in [-0.4, -0.2) is 92.5 Å². The molecule has 0 aliphatic carbocycles. The summed E-state index contributed by atoms with van der Waals surface area (Å²) in [5, 5.41) is 0. The quantitative estimate of drug-likeness (QED) is 0.152. The molecule has 0 N–H and O–H groups in total. The van der Waals surface area contributed by atoms with Gasteiger partial charge in [-0.1, -0.05) is 44.1 Å². The second-order valence-corrected chi connectivity index (χ2v) is 10.4. The molecule has 1 aliphatic rings. The van der Waals surface area contributed by atoms with E-state index in [0.29, 0.717) is 6.04 Å². The molecule has 1 fully saturated rings. The maximum absolute atomic E-state index is 11.6. The van der Waals surface area contributed by atoms with Gasteiger partial charge in [-0.05, 0) is 64.3 Å². The van der Waals surface area contributed by atoms with Crippen molar-refractivity contribution in [2.24, 2.45) is 0 Å². The number of carbonyl (C=O) groups excluding carboxylic acids is 1. The van der Waals surface area contributed by atoms with Crippen molar-refractivity contribution in [2.75, 3.05) is 70.3 Å². The molecule has 0 bridgehead atoms. The minimum absolute atomic E-state index is 0.633. The summed E-state index contributed by atoms with van der Waals surface area (Å²) >= 11 is 0. The topological polar surface area (TPSA) is 30.0 Å². The first-order valence-corrected chi connectivity index (χ1v) is 14.3. The fourth-order valence-corrected chi connectivity index (χ4v) is 5.08. The van der Waals surface area contributed by atoms with Crippen LogP contribution >= 0.6 is 0 Å². The summed E-state index contributed by atoms with van der Waals surface area (Å²) in [6.07, 6.45) is 11.9. The van der Waals surface area contributed by atoms with Gasteiger partial charge in [0, 0.05) is 69.7 Å². The Morgan fingerprint density at radius 3 is 2.53 bits per heavy atom. The van der Waals surface area contributed by atoms with Crippen LogP contribution in [-0.2, 0) is 6.42 Å². The van der Waals surface area contributed by atoms with E-state index in [1.807, 2.05) is 18.2 Å². The predicted molar refractivity (Wildman–Crippen MR) is 156 cm³/mol. The number of carbonyl (C=O) groups is 1. The minimum Gasteiger partial charge on any atom is -0.370 e. The highest BCUT2D eigenvalue weighted by molar-refractivity contribution is 5.78. The van der Waals surface area contributed by atoms with Gasteiger partial charge in [0.05, 0.1) is 0 Å². The molecule has 5 nitrogen and oxygen atoms in total. The van der Waals surface area contributed by atoms with Gasteiger partial charge in [-0.3, -0.25) is 14.6 Å². The summed E-state index contributed by atoms with van der Waals surface area (Å²) in [6.45, 7) is 25.5. The Labute approximate surface area is 221 Å². The fourth-order valence-electron chi connectivity index (χ4n) is 5.08. The Morgan fingerprint density at radius 1 is 1.00 bits per heavy atom. The number of rotatable bonds is 18. The standard InChI is InChI=1S/C31H52N4O/c1-6-9-11-13-30-15-14-29(27-36)26-31(30)35(18-10-7-2)25-23-32(16-8-3)20-21-33-17-12-19-34(24-22-33)28(4)5/h7-8,14-15,26-28H,2-3,6,9-13,16-25H2,1,4-5H3. The van der Waals surface area contributed by atoms with Crippen LogP contribution in [0.25, 0.3) is 0 Å². The molecule has 1 saturated heterocycles. The van der Waals surface area contributed by atoms with Gasteiger partial charge in [-0.2, -0.15) is 0 Å². The number of hydrogen-bond acceptors (Lipinski definition) is 5. The summed E-state index contributed by atoms with van der Waals surface area (Å²) in [5.41, 5.74) is 3.33. The third-order valence-electron chi connectivity index (χ3n) is 7.40. The molecule has 1 aromatic rings. The lowest BCUT2D eigenvalue weighted by atomic mass is 10.0. The lowest BCUT2D eigenvalue weighted by Gasteiger charge is -2.31. The third kappa shape index (κ3) is 10.6. The molecule has 0 radical (unpaired) electrons. The molecule has 0 spiro atoms. The lowest BCUT2D eigenvalue weighted by Crippen LogP contribution is -2.41. The highest BCUT2D eigenvalue weighted by Gasteiger charge is 2.18. The highest BCUT2D eigenvalue weighted by Crippen LogP contribution is 2.25. The largest absolute Gasteiger partial charge is 0.370 e. The third-order valence-corrected chi connectivity index (χ3v) is 7.40. The summed E-state index contributed by atoms with van der Waals surface area (Å²) < 4.78 is 0. The van der Waals surface area contributed by atoms with Crippen molar-refractivity contribution in [2.45, 2.75) is 65.3 Å². The number of nitrogens with zero attached hydrogens (tertiary/aromatic N) is 4. The zero-order valence-electron chi connectivity index (χ0n) is 23.5. The average Bonchev–Trinajstić information content (AvgIpc) is 3.13. The van der Waals surface area contributed by atoms with Gasteiger partial charge in [0.1, 0.15) is 6.29 Å². The van der Waals surface area contributed by atoms with Crippen LogP contribution in [0.2, 0.25) is 0 Å². The van der Waals surface area contributed by atoms with E-state index >= 15 is 0 Å². The Bertz CT molecular complexity index is 778. The Morgan fingerprint density at radius 2 is 1.83 bits per heavy atom. The number of aryl methyl sites for hydroxylation is 1. The number of anilines is 1. The Hall–Kier alpha value is -1.95. The average molecular weight is 497 g/mol. The first kappa shape index (κ1) is 30.3. The molecule has 0 unspecified atom stereocenters. The van der Waals surface area contributed by atoms with Crippen LogP contribution in [0.15, 0.2) is 43.5 Å². The van der Waals surface area contributed by atoms with Gasteiger partial charge in [0.15, 0.2) is 0 Å². The van der Waals surface area contributed by atoms with Crippen LogP contribution in [0, 0.1) is 0 Å². The van der Waals surface area contributed by atoms with Crippen molar-refractivity contribution in [3.63, 3.8) is 0 Å². The van der Waals surface area contributed by atoms with E-state index in [4.69, 9.17) is 0 Å². The summed E-state index contributed by atoms with van der Waals surface area (Å²) in [7, 11) is 0. The van der Waals surface area contributed by atoms with Crippen molar-refractivity contribution < 1.29 is 4.79 Å². The predicted octanol–water partition coefficient (Wildman–Crippen LogP) is 5.52. The lowest BCUT2D eigenvalue weighted by molar-refractivity contribution is 0.112. The molecular weight excluding hydrogens is 444 g/mol. The maximum atomic E-state index is 11.6. The monoisotopic (exact) mass is 496 g/mol. The molecule has 0 aromatic heterocycles. The number of aldehydes is 1. The van der Waals surface area contributed by atoms with Gasteiger partial charge in [-0.25, -0.2) is 0 Å². The molecule has 1 aliphatic heterocycles. The van der Waals surface area contributed by atoms with Gasteiger partial charge in [0.2, 0.25) is 0 Å². The molecule has 0 amide bonds. The van der Waals surface area contributed by atoms with E-state index < -0.39 is 0 Å². The van der Waals surface area contributed by atoms with Gasteiger partial charge in [0.25, 0.3) is 0 Å². The van der Waals surface area contributed by atoms with Crippen molar-refractivity contribution in [3.8, 4) is 0 Å². The first-order chi connectivity index (χ1) is 17.5. The summed E-state index contributed by atoms with van der Waals surface area (Å²) in [6, 6.07) is 6.85. The van der Waals surface area contributed by atoms with E-state index in [9.17, 15) is 4.79 Å². The van der Waals surface area contributed by atoms with Gasteiger partial charge < -0.3 is 9.80 Å². The van der Waals surface area contributed by atoms with Crippen LogP contribution in [0.5, 0.6) is 0 Å². The van der Waals surface area contributed by atoms with Crippen molar-refractivity contribution in [3.05, 3.63) is 54.6 Å². The molecule has 1 heterocycles. The number of benzene rings is 1. The van der Waals surface area contributed by atoms with Crippen molar-refractivity contribution in [1.29, 1.82) is 0 Å². The molecule has 1 aromatic carbocycles. The van der Waals surface area contributed by atoms with Crippen molar-refractivity contribution in [1.82, 2.24) is 14.7 Å². The van der Waals surface area contributed by atoms with Crippen LogP contribution < -0.4 is 4.90 Å². The Balaban J connectivity index is 2.05. The normalized spacial score (nSPS) is 15.2. The zero-order chi connectivity index (χ0) is 26.2. The summed E-state index contributed by atoms with van der Waals surface area (Å²) in [5.74, 6) is 0. The second-order valence-electron chi connectivity index (χ2n) is 10.4. The fraction of sp³-hybridized carbons (Fsp3) is 0.645. The Kier molecular flexibility index (Phi) is 14.7. The molecule has 0 saturated carbocycles. The SMILES string of the molecule is C=CCCN(CCN(CC=C)CCN1CCCN(C(C)C)CC1)c1cc(C=O)ccc1CCCCC. The number of unbranched alkanes of at least 4 members (excludes halogenated alkanes) is 2. The molecule has 0 atom stereocenters. The van der Waals surface area contributed by atoms with Gasteiger partial charge >= 0.3 is 0 Å². The molecular formula is C31H52N4O. The van der Waals surface area contributed by atoms with Crippen LogP contribution in [0.1, 0.15) is 68.8 Å². The molecule has 2 rings (SSSR count). The van der Waals surface area contributed by atoms with Gasteiger partial charge in [-0.15, -0.1) is 13.2 Å². The van der Waals surface area contributed by atoms with Crippen LogP contribution in [0.3, 0.4) is 0 Å². The minimum atomic E-state index is 0.633. The van der Waals surface area contributed by atoms with E-state index in [-0.39, 0.29) is 0 Å².